The highest BCUT2D eigenvalue weighted by atomic mass is 16.5. The van der Waals surface area contributed by atoms with Gasteiger partial charge >= 0.3 is 0 Å². The number of rotatable bonds is 5. The Morgan fingerprint density at radius 2 is 2.06 bits per heavy atom. The summed E-state index contributed by atoms with van der Waals surface area (Å²) in [5.41, 5.74) is 6.65. The van der Waals surface area contributed by atoms with E-state index in [0.717, 1.165) is 11.4 Å². The molecule has 3 N–H and O–H groups in total. The lowest BCUT2D eigenvalue weighted by Gasteiger charge is -2.28. The molecule has 1 aromatic rings. The molecule has 17 heavy (non-hydrogen) atoms. The lowest BCUT2D eigenvalue weighted by atomic mass is 10.0. The van der Waals surface area contributed by atoms with E-state index in [1.165, 1.54) is 6.33 Å². The fraction of sp³-hybridized carbons (Fsp3) is 0.667. The molecule has 0 amide bonds. The molecule has 0 bridgehead atoms. The van der Waals surface area contributed by atoms with E-state index in [1.807, 2.05) is 0 Å². The normalized spacial score (nSPS) is 11.9. The summed E-state index contributed by atoms with van der Waals surface area (Å²) < 4.78 is 5.17. The van der Waals surface area contributed by atoms with Crippen molar-refractivity contribution >= 4 is 11.6 Å². The highest BCUT2D eigenvalue weighted by molar-refractivity contribution is 5.57. The smallest absolute Gasteiger partial charge is 0.135 e. The molecule has 0 aliphatic heterocycles. The van der Waals surface area contributed by atoms with Crippen LogP contribution in [0.3, 0.4) is 0 Å². The molecule has 0 aliphatic rings. The van der Waals surface area contributed by atoms with Gasteiger partial charge in [-0.3, -0.25) is 0 Å². The highest BCUT2D eigenvalue weighted by Gasteiger charge is 2.21. The summed E-state index contributed by atoms with van der Waals surface area (Å²) >= 11 is 0. The molecule has 0 unspecified atom stereocenters. The standard InChI is InChI=1S/C12H22N4O/c1-8(2)9-10(13)14-7-15-11(9)16-12(3,4)6-17-5/h7-8H,6H2,1-5H3,(H3,13,14,15,16). The maximum absolute atomic E-state index is 5.89. The first-order chi connectivity index (χ1) is 7.87. The Bertz CT molecular complexity index is 377. The lowest BCUT2D eigenvalue weighted by Crippen LogP contribution is -2.36. The maximum Gasteiger partial charge on any atom is 0.135 e. The van der Waals surface area contributed by atoms with Gasteiger partial charge in [-0.05, 0) is 19.8 Å². The zero-order valence-electron chi connectivity index (χ0n) is 11.2. The van der Waals surface area contributed by atoms with Crippen LogP contribution in [0.4, 0.5) is 11.6 Å². The molecule has 1 aromatic heterocycles. The van der Waals surface area contributed by atoms with Crippen molar-refractivity contribution in [1.82, 2.24) is 9.97 Å². The van der Waals surface area contributed by atoms with Crippen molar-refractivity contribution in [3.63, 3.8) is 0 Å². The molecule has 0 atom stereocenters. The van der Waals surface area contributed by atoms with Crippen molar-refractivity contribution in [2.45, 2.75) is 39.2 Å². The van der Waals surface area contributed by atoms with Crippen LogP contribution in [0, 0.1) is 0 Å². The third-order valence-corrected chi connectivity index (χ3v) is 2.45. The van der Waals surface area contributed by atoms with Crippen LogP contribution in [-0.4, -0.2) is 29.2 Å². The Morgan fingerprint density at radius 1 is 1.41 bits per heavy atom. The molecule has 5 heteroatoms. The van der Waals surface area contributed by atoms with Crippen LogP contribution in [0.5, 0.6) is 0 Å². The first-order valence-electron chi connectivity index (χ1n) is 5.75. The van der Waals surface area contributed by atoms with E-state index in [-0.39, 0.29) is 11.5 Å². The third kappa shape index (κ3) is 3.56. The van der Waals surface area contributed by atoms with Gasteiger partial charge in [0.15, 0.2) is 0 Å². The Morgan fingerprint density at radius 3 is 2.59 bits per heavy atom. The minimum absolute atomic E-state index is 0.195. The monoisotopic (exact) mass is 238 g/mol. The van der Waals surface area contributed by atoms with Gasteiger partial charge in [-0.2, -0.15) is 0 Å². The topological polar surface area (TPSA) is 73.1 Å². The average Bonchev–Trinajstić information content (AvgIpc) is 2.15. The Kier molecular flexibility index (Phi) is 4.28. The number of hydrogen-bond acceptors (Lipinski definition) is 5. The summed E-state index contributed by atoms with van der Waals surface area (Å²) in [5.74, 6) is 1.59. The van der Waals surface area contributed by atoms with Crippen LogP contribution >= 0.6 is 0 Å². The number of anilines is 2. The zero-order valence-corrected chi connectivity index (χ0v) is 11.2. The summed E-state index contributed by atoms with van der Waals surface area (Å²) in [5, 5.41) is 3.35. The van der Waals surface area contributed by atoms with Crippen molar-refractivity contribution in [3.8, 4) is 0 Å². The minimum atomic E-state index is -0.195. The van der Waals surface area contributed by atoms with Gasteiger partial charge in [-0.15, -0.1) is 0 Å². The summed E-state index contributed by atoms with van der Waals surface area (Å²) in [6.45, 7) is 8.85. The van der Waals surface area contributed by atoms with Gasteiger partial charge in [-0.1, -0.05) is 13.8 Å². The Labute approximate surface area is 103 Å². The summed E-state index contributed by atoms with van der Waals surface area (Å²) in [4.78, 5) is 8.30. The predicted octanol–water partition coefficient (Wildman–Crippen LogP) is 2.02. The van der Waals surface area contributed by atoms with Crippen LogP contribution < -0.4 is 11.1 Å². The number of nitrogens with one attached hydrogen (secondary N) is 1. The lowest BCUT2D eigenvalue weighted by molar-refractivity contribution is 0.158. The van der Waals surface area contributed by atoms with E-state index in [4.69, 9.17) is 10.5 Å². The van der Waals surface area contributed by atoms with Crippen LogP contribution in [0.2, 0.25) is 0 Å². The maximum atomic E-state index is 5.89. The Hall–Kier alpha value is -1.36. The van der Waals surface area contributed by atoms with E-state index in [9.17, 15) is 0 Å². The molecule has 1 heterocycles. The largest absolute Gasteiger partial charge is 0.383 e. The molecule has 5 nitrogen and oxygen atoms in total. The van der Waals surface area contributed by atoms with Gasteiger partial charge in [0.1, 0.15) is 18.0 Å². The van der Waals surface area contributed by atoms with Gasteiger partial charge in [0.2, 0.25) is 0 Å². The zero-order chi connectivity index (χ0) is 13.1. The number of nitrogens with two attached hydrogens (primary N) is 1. The van der Waals surface area contributed by atoms with Crippen LogP contribution in [0.25, 0.3) is 0 Å². The van der Waals surface area contributed by atoms with Crippen LogP contribution in [-0.2, 0) is 4.74 Å². The fourth-order valence-corrected chi connectivity index (χ4v) is 1.80. The average molecular weight is 238 g/mol. The van der Waals surface area contributed by atoms with Crippen molar-refractivity contribution in [3.05, 3.63) is 11.9 Å². The predicted molar refractivity (Wildman–Crippen MR) is 70.1 cm³/mol. The highest BCUT2D eigenvalue weighted by Crippen LogP contribution is 2.28. The quantitative estimate of drug-likeness (QED) is 0.821. The molecule has 0 radical (unpaired) electrons. The number of methoxy groups -OCH3 is 1. The van der Waals surface area contributed by atoms with E-state index in [2.05, 4.69) is 43.0 Å². The first kappa shape index (κ1) is 13.7. The fourth-order valence-electron chi connectivity index (χ4n) is 1.80. The molecule has 0 aromatic carbocycles. The number of ether oxygens (including phenoxy) is 1. The first-order valence-corrected chi connectivity index (χ1v) is 5.75. The molecule has 0 aliphatic carbocycles. The molecular formula is C12H22N4O. The van der Waals surface area contributed by atoms with Gasteiger partial charge < -0.3 is 15.8 Å². The van der Waals surface area contributed by atoms with Crippen molar-refractivity contribution in [2.75, 3.05) is 24.8 Å². The molecule has 96 valence electrons. The van der Waals surface area contributed by atoms with Crippen LogP contribution in [0.1, 0.15) is 39.2 Å². The second-order valence-corrected chi connectivity index (χ2v) is 5.12. The molecule has 0 saturated carbocycles. The van der Waals surface area contributed by atoms with Crippen molar-refractivity contribution in [2.24, 2.45) is 0 Å². The third-order valence-electron chi connectivity index (χ3n) is 2.45. The molecular weight excluding hydrogens is 216 g/mol. The summed E-state index contributed by atoms with van der Waals surface area (Å²) in [6, 6.07) is 0. The van der Waals surface area contributed by atoms with E-state index in [1.54, 1.807) is 7.11 Å². The minimum Gasteiger partial charge on any atom is -0.383 e. The Balaban J connectivity index is 3.02. The second kappa shape index (κ2) is 5.31. The van der Waals surface area contributed by atoms with Gasteiger partial charge in [0.25, 0.3) is 0 Å². The second-order valence-electron chi connectivity index (χ2n) is 5.12. The van der Waals surface area contributed by atoms with E-state index < -0.39 is 0 Å². The van der Waals surface area contributed by atoms with Gasteiger partial charge in [0.05, 0.1) is 12.1 Å². The number of hydrogen-bond donors (Lipinski definition) is 2. The van der Waals surface area contributed by atoms with E-state index in [0.29, 0.717) is 12.4 Å². The van der Waals surface area contributed by atoms with E-state index >= 15 is 0 Å². The van der Waals surface area contributed by atoms with Crippen molar-refractivity contribution in [1.29, 1.82) is 0 Å². The summed E-state index contributed by atoms with van der Waals surface area (Å²) in [7, 11) is 1.68. The molecule has 1 rings (SSSR count). The molecule has 0 spiro atoms. The molecule has 0 saturated heterocycles. The van der Waals surface area contributed by atoms with Crippen LogP contribution in [0.15, 0.2) is 6.33 Å². The van der Waals surface area contributed by atoms with Gasteiger partial charge in [0, 0.05) is 12.7 Å². The number of nitrogens with zero attached hydrogens (tertiary/aromatic N) is 2. The van der Waals surface area contributed by atoms with Gasteiger partial charge in [-0.25, -0.2) is 9.97 Å². The SMILES string of the molecule is COCC(C)(C)Nc1ncnc(N)c1C(C)C. The summed E-state index contributed by atoms with van der Waals surface area (Å²) in [6.07, 6.45) is 1.48. The number of nitrogen functional groups attached to an aromatic ring is 1. The molecule has 0 fully saturated rings. The van der Waals surface area contributed by atoms with Crippen molar-refractivity contribution < 1.29 is 4.74 Å². The number of aromatic nitrogens is 2.